The van der Waals surface area contributed by atoms with Gasteiger partial charge in [-0.1, -0.05) is 18.6 Å². The number of aliphatic imine (C=N–C) groups is 1. The Bertz CT molecular complexity index is 787. The minimum Gasteiger partial charge on any atom is -0.370 e. The SMILES string of the molecule is CCN(CCNC(=NC)NCc1nnc2n1CCCCC2)c1cccc(C)c1.I. The highest BCUT2D eigenvalue weighted by atomic mass is 127. The Hall–Kier alpha value is -1.84. The fourth-order valence-corrected chi connectivity index (χ4v) is 3.66. The molecule has 0 saturated heterocycles. The van der Waals surface area contributed by atoms with Gasteiger partial charge < -0.3 is 20.1 Å². The van der Waals surface area contributed by atoms with E-state index in [1.807, 2.05) is 0 Å². The van der Waals surface area contributed by atoms with Crippen molar-refractivity contribution >= 4 is 35.6 Å². The van der Waals surface area contributed by atoms with E-state index in [1.54, 1.807) is 7.05 Å². The average Bonchev–Trinajstić information content (AvgIpc) is 2.93. The summed E-state index contributed by atoms with van der Waals surface area (Å²) in [7, 11) is 1.80. The van der Waals surface area contributed by atoms with E-state index in [2.05, 4.69) is 73.4 Å². The molecule has 1 aliphatic heterocycles. The van der Waals surface area contributed by atoms with E-state index in [9.17, 15) is 0 Å². The first-order chi connectivity index (χ1) is 13.7. The number of nitrogens with one attached hydrogen (secondary N) is 2. The van der Waals surface area contributed by atoms with Crippen LogP contribution < -0.4 is 15.5 Å². The number of guanidine groups is 1. The topological polar surface area (TPSA) is 70.4 Å². The van der Waals surface area contributed by atoms with Crippen molar-refractivity contribution in [1.82, 2.24) is 25.4 Å². The molecule has 2 heterocycles. The molecule has 1 aliphatic rings. The summed E-state index contributed by atoms with van der Waals surface area (Å²) in [6.07, 6.45) is 4.72. The third-order valence-electron chi connectivity index (χ3n) is 5.25. The molecule has 0 amide bonds. The molecule has 1 aromatic carbocycles. The van der Waals surface area contributed by atoms with Gasteiger partial charge in [-0.15, -0.1) is 34.2 Å². The second kappa shape index (κ2) is 12.0. The molecule has 160 valence electrons. The number of benzene rings is 1. The molecule has 1 aromatic heterocycles. The van der Waals surface area contributed by atoms with Crippen LogP contribution in [0.1, 0.15) is 43.4 Å². The van der Waals surface area contributed by atoms with Gasteiger partial charge in [0.25, 0.3) is 0 Å². The maximum absolute atomic E-state index is 4.37. The van der Waals surface area contributed by atoms with Gasteiger partial charge in [0.1, 0.15) is 5.82 Å². The van der Waals surface area contributed by atoms with Gasteiger partial charge in [-0.2, -0.15) is 0 Å². The molecule has 0 radical (unpaired) electrons. The Labute approximate surface area is 191 Å². The first kappa shape index (κ1) is 23.4. The molecule has 0 aliphatic carbocycles. The maximum atomic E-state index is 4.37. The van der Waals surface area contributed by atoms with Crippen LogP contribution in [0.15, 0.2) is 29.3 Å². The van der Waals surface area contributed by atoms with Crippen LogP contribution in [0, 0.1) is 6.92 Å². The quantitative estimate of drug-likeness (QED) is 0.340. The highest BCUT2D eigenvalue weighted by Gasteiger charge is 2.14. The normalized spacial score (nSPS) is 13.8. The van der Waals surface area contributed by atoms with Crippen molar-refractivity contribution in [3.63, 3.8) is 0 Å². The molecule has 0 bridgehead atoms. The molecule has 7 nitrogen and oxygen atoms in total. The number of rotatable bonds is 7. The molecule has 3 rings (SSSR count). The van der Waals surface area contributed by atoms with Crippen LogP contribution >= 0.6 is 24.0 Å². The summed E-state index contributed by atoms with van der Waals surface area (Å²) < 4.78 is 2.27. The number of aromatic nitrogens is 3. The Kier molecular flexibility index (Phi) is 9.69. The summed E-state index contributed by atoms with van der Waals surface area (Å²) in [5, 5.41) is 15.5. The van der Waals surface area contributed by atoms with Gasteiger partial charge in [-0.25, -0.2) is 0 Å². The monoisotopic (exact) mass is 511 g/mol. The maximum Gasteiger partial charge on any atom is 0.191 e. The summed E-state index contributed by atoms with van der Waals surface area (Å²) in [5.41, 5.74) is 2.55. The lowest BCUT2D eigenvalue weighted by Crippen LogP contribution is -2.41. The third-order valence-corrected chi connectivity index (χ3v) is 5.25. The number of fused-ring (bicyclic) bond motifs is 1. The van der Waals surface area contributed by atoms with Crippen LogP contribution in [-0.2, 0) is 19.5 Å². The molecular weight excluding hydrogens is 477 g/mol. The second-order valence-corrected chi connectivity index (χ2v) is 7.27. The van der Waals surface area contributed by atoms with Crippen molar-refractivity contribution in [2.45, 2.75) is 52.6 Å². The number of hydrogen-bond acceptors (Lipinski definition) is 4. The zero-order valence-corrected chi connectivity index (χ0v) is 20.1. The smallest absolute Gasteiger partial charge is 0.191 e. The fourth-order valence-electron chi connectivity index (χ4n) is 3.66. The van der Waals surface area contributed by atoms with Crippen molar-refractivity contribution in [2.75, 3.05) is 31.6 Å². The zero-order chi connectivity index (χ0) is 19.8. The van der Waals surface area contributed by atoms with Gasteiger partial charge in [0.2, 0.25) is 0 Å². The lowest BCUT2D eigenvalue weighted by molar-refractivity contribution is 0.596. The van der Waals surface area contributed by atoms with Crippen LogP contribution in [0.3, 0.4) is 0 Å². The summed E-state index contributed by atoms with van der Waals surface area (Å²) in [5.74, 6) is 2.91. The van der Waals surface area contributed by atoms with Gasteiger partial charge in [-0.3, -0.25) is 4.99 Å². The van der Waals surface area contributed by atoms with Crippen LogP contribution in [0.2, 0.25) is 0 Å². The molecule has 0 saturated carbocycles. The molecule has 2 aromatic rings. The largest absolute Gasteiger partial charge is 0.370 e. The van der Waals surface area contributed by atoms with Crippen molar-refractivity contribution in [3.05, 3.63) is 41.5 Å². The summed E-state index contributed by atoms with van der Waals surface area (Å²) in [6, 6.07) is 8.64. The van der Waals surface area contributed by atoms with Gasteiger partial charge in [-0.05, 0) is 44.4 Å². The Morgan fingerprint density at radius 3 is 2.83 bits per heavy atom. The number of nitrogens with zero attached hydrogens (tertiary/aromatic N) is 5. The molecule has 0 fully saturated rings. The van der Waals surface area contributed by atoms with Gasteiger partial charge in [0.05, 0.1) is 6.54 Å². The minimum atomic E-state index is 0. The number of anilines is 1. The van der Waals surface area contributed by atoms with Crippen molar-refractivity contribution < 1.29 is 0 Å². The molecule has 8 heteroatoms. The lowest BCUT2D eigenvalue weighted by atomic mass is 10.2. The van der Waals surface area contributed by atoms with Crippen LogP contribution in [0.4, 0.5) is 5.69 Å². The van der Waals surface area contributed by atoms with Crippen LogP contribution in [0.5, 0.6) is 0 Å². The number of hydrogen-bond donors (Lipinski definition) is 2. The van der Waals surface area contributed by atoms with E-state index in [-0.39, 0.29) is 24.0 Å². The molecule has 2 N–H and O–H groups in total. The Morgan fingerprint density at radius 2 is 2.07 bits per heavy atom. The van der Waals surface area contributed by atoms with Gasteiger partial charge in [0, 0.05) is 45.3 Å². The van der Waals surface area contributed by atoms with E-state index in [4.69, 9.17) is 0 Å². The van der Waals surface area contributed by atoms with Crippen molar-refractivity contribution in [2.24, 2.45) is 4.99 Å². The highest BCUT2D eigenvalue weighted by molar-refractivity contribution is 14.0. The van der Waals surface area contributed by atoms with Crippen LogP contribution in [0.25, 0.3) is 0 Å². The summed E-state index contributed by atoms with van der Waals surface area (Å²) >= 11 is 0. The number of aryl methyl sites for hydroxylation is 2. The van der Waals surface area contributed by atoms with E-state index in [0.717, 1.165) is 50.2 Å². The van der Waals surface area contributed by atoms with Crippen molar-refractivity contribution in [1.29, 1.82) is 0 Å². The highest BCUT2D eigenvalue weighted by Crippen LogP contribution is 2.15. The number of likely N-dealkylation sites (N-methyl/N-ethyl adjacent to an activating group) is 1. The van der Waals surface area contributed by atoms with Gasteiger partial charge in [0.15, 0.2) is 11.8 Å². The van der Waals surface area contributed by atoms with E-state index >= 15 is 0 Å². The Balaban J connectivity index is 0.00000300. The summed E-state index contributed by atoms with van der Waals surface area (Å²) in [4.78, 5) is 6.71. The average molecular weight is 511 g/mol. The third kappa shape index (κ3) is 6.58. The predicted molar refractivity (Wildman–Crippen MR) is 130 cm³/mol. The first-order valence-corrected chi connectivity index (χ1v) is 10.4. The van der Waals surface area contributed by atoms with E-state index in [1.165, 1.54) is 30.5 Å². The lowest BCUT2D eigenvalue weighted by Gasteiger charge is -2.24. The van der Waals surface area contributed by atoms with Gasteiger partial charge >= 0.3 is 0 Å². The zero-order valence-electron chi connectivity index (χ0n) is 17.8. The second-order valence-electron chi connectivity index (χ2n) is 7.27. The molecule has 29 heavy (non-hydrogen) atoms. The number of halogens is 1. The van der Waals surface area contributed by atoms with Crippen molar-refractivity contribution in [3.8, 4) is 0 Å². The standard InChI is InChI=1S/C21H33N7.HI/c1-4-27(18-10-8-9-17(2)15-18)14-12-23-21(22-3)24-16-20-26-25-19-11-6-5-7-13-28(19)20;/h8-10,15H,4-7,11-14,16H2,1-3H3,(H2,22,23,24);1H. The first-order valence-electron chi connectivity index (χ1n) is 10.4. The predicted octanol–water partition coefficient (Wildman–Crippen LogP) is 3.12. The fraction of sp³-hybridized carbons (Fsp3) is 0.571. The van der Waals surface area contributed by atoms with E-state index < -0.39 is 0 Å². The summed E-state index contributed by atoms with van der Waals surface area (Å²) in [6.45, 7) is 8.69. The minimum absolute atomic E-state index is 0. The van der Waals surface area contributed by atoms with E-state index in [0.29, 0.717) is 6.54 Å². The van der Waals surface area contributed by atoms with Crippen LogP contribution in [-0.4, -0.2) is 47.4 Å². The molecular formula is C21H34IN7. The molecule has 0 unspecified atom stereocenters. The molecule has 0 spiro atoms. The molecule has 0 atom stereocenters. The Morgan fingerprint density at radius 1 is 1.21 bits per heavy atom.